The zero-order valence-electron chi connectivity index (χ0n) is 16.4. The van der Waals surface area contributed by atoms with Crippen molar-refractivity contribution >= 4 is 17.8 Å². The lowest BCUT2D eigenvalue weighted by Gasteiger charge is -2.39. The van der Waals surface area contributed by atoms with Crippen molar-refractivity contribution in [3.8, 4) is 0 Å². The van der Waals surface area contributed by atoms with E-state index in [9.17, 15) is 14.4 Å². The molecule has 0 aromatic heterocycles. The zero-order chi connectivity index (χ0) is 19.0. The second-order valence-corrected chi connectivity index (χ2v) is 8.68. The van der Waals surface area contributed by atoms with Gasteiger partial charge in [-0.1, -0.05) is 19.8 Å². The Morgan fingerprint density at radius 3 is 2.44 bits per heavy atom. The van der Waals surface area contributed by atoms with E-state index in [4.69, 9.17) is 0 Å². The molecule has 1 spiro atoms. The molecule has 4 fully saturated rings. The van der Waals surface area contributed by atoms with E-state index in [0.29, 0.717) is 19.4 Å². The van der Waals surface area contributed by atoms with Crippen LogP contribution in [0.15, 0.2) is 0 Å². The monoisotopic (exact) mass is 376 g/mol. The van der Waals surface area contributed by atoms with Gasteiger partial charge < -0.3 is 15.1 Å². The molecule has 7 nitrogen and oxygen atoms in total. The van der Waals surface area contributed by atoms with Crippen LogP contribution < -0.4 is 5.32 Å². The van der Waals surface area contributed by atoms with Gasteiger partial charge in [0.25, 0.3) is 5.91 Å². The van der Waals surface area contributed by atoms with Gasteiger partial charge in [0.15, 0.2) is 0 Å². The lowest BCUT2D eigenvalue weighted by Crippen LogP contribution is -2.56. The molecule has 0 unspecified atom stereocenters. The lowest BCUT2D eigenvalue weighted by atomic mass is 9.87. The molecule has 1 N–H and O–H groups in total. The molecule has 4 amide bonds. The van der Waals surface area contributed by atoms with Crippen LogP contribution in [0.5, 0.6) is 0 Å². The van der Waals surface area contributed by atoms with Crippen molar-refractivity contribution in [2.75, 3.05) is 32.7 Å². The molecule has 0 radical (unpaired) electrons. The quantitative estimate of drug-likeness (QED) is 0.759. The summed E-state index contributed by atoms with van der Waals surface area (Å²) < 4.78 is 0. The van der Waals surface area contributed by atoms with Crippen LogP contribution in [-0.4, -0.2) is 76.8 Å². The molecular formula is C20H32N4O3. The highest BCUT2D eigenvalue weighted by Crippen LogP contribution is 2.33. The Balaban J connectivity index is 1.44. The first-order valence-corrected chi connectivity index (χ1v) is 10.7. The molecule has 3 saturated heterocycles. The van der Waals surface area contributed by atoms with Gasteiger partial charge in [0.05, 0.1) is 6.04 Å². The minimum Gasteiger partial charge on any atom is -0.340 e. The van der Waals surface area contributed by atoms with Crippen LogP contribution in [0.3, 0.4) is 0 Å². The van der Waals surface area contributed by atoms with E-state index in [1.165, 1.54) is 4.90 Å². The number of hydrogen-bond acceptors (Lipinski definition) is 4. The Morgan fingerprint density at radius 2 is 1.78 bits per heavy atom. The second-order valence-electron chi connectivity index (χ2n) is 8.68. The molecule has 150 valence electrons. The predicted octanol–water partition coefficient (Wildman–Crippen LogP) is 1.57. The van der Waals surface area contributed by atoms with E-state index in [-0.39, 0.29) is 29.8 Å². The van der Waals surface area contributed by atoms with Gasteiger partial charge >= 0.3 is 6.03 Å². The summed E-state index contributed by atoms with van der Waals surface area (Å²) in [5.41, 5.74) is -0.722. The van der Waals surface area contributed by atoms with Crippen molar-refractivity contribution in [2.24, 2.45) is 5.92 Å². The number of hydrogen-bond donors (Lipinski definition) is 1. The molecule has 7 heteroatoms. The Kier molecular flexibility index (Phi) is 5.14. The molecule has 1 saturated carbocycles. The van der Waals surface area contributed by atoms with Gasteiger partial charge in [-0.2, -0.15) is 0 Å². The van der Waals surface area contributed by atoms with E-state index in [1.807, 2.05) is 4.90 Å². The minimum absolute atomic E-state index is 0.0663. The van der Waals surface area contributed by atoms with Gasteiger partial charge in [0.2, 0.25) is 5.91 Å². The molecular weight excluding hydrogens is 344 g/mol. The number of nitrogens with one attached hydrogen (secondary N) is 1. The summed E-state index contributed by atoms with van der Waals surface area (Å²) in [4.78, 5) is 44.4. The summed E-state index contributed by atoms with van der Waals surface area (Å²) in [6.07, 6.45) is 7.26. The maximum atomic E-state index is 13.2. The highest BCUT2D eigenvalue weighted by molar-refractivity contribution is 6.07. The Morgan fingerprint density at radius 1 is 1.07 bits per heavy atom. The van der Waals surface area contributed by atoms with E-state index >= 15 is 0 Å². The zero-order valence-corrected chi connectivity index (χ0v) is 16.4. The van der Waals surface area contributed by atoms with Gasteiger partial charge in [-0.3, -0.25) is 14.5 Å². The number of urea groups is 1. The second kappa shape index (κ2) is 7.41. The largest absolute Gasteiger partial charge is 0.340 e. The highest BCUT2D eigenvalue weighted by atomic mass is 16.2. The third-order valence-electron chi connectivity index (χ3n) is 7.13. The number of carbonyl (C=O) groups is 3. The number of imide groups is 1. The van der Waals surface area contributed by atoms with Gasteiger partial charge in [0, 0.05) is 32.1 Å². The predicted molar refractivity (Wildman–Crippen MR) is 101 cm³/mol. The van der Waals surface area contributed by atoms with Crippen LogP contribution >= 0.6 is 0 Å². The third-order valence-corrected chi connectivity index (χ3v) is 7.13. The number of rotatable bonds is 3. The highest BCUT2D eigenvalue weighted by Gasteiger charge is 2.54. The van der Waals surface area contributed by atoms with Crippen LogP contribution in [-0.2, 0) is 9.59 Å². The molecule has 0 aromatic rings. The average molecular weight is 377 g/mol. The molecule has 4 rings (SSSR count). The molecule has 3 aliphatic heterocycles. The molecule has 4 aliphatic rings. The summed E-state index contributed by atoms with van der Waals surface area (Å²) in [7, 11) is 0. The number of piperidine rings is 2. The Labute approximate surface area is 161 Å². The van der Waals surface area contributed by atoms with Crippen molar-refractivity contribution in [2.45, 2.75) is 69.9 Å². The summed E-state index contributed by atoms with van der Waals surface area (Å²) in [6.45, 7) is 6.04. The van der Waals surface area contributed by atoms with Crippen LogP contribution in [0.4, 0.5) is 4.79 Å². The van der Waals surface area contributed by atoms with E-state index in [2.05, 4.69) is 17.1 Å². The third kappa shape index (κ3) is 3.35. The molecule has 27 heavy (non-hydrogen) atoms. The fraction of sp³-hybridized carbons (Fsp3) is 0.850. The summed E-state index contributed by atoms with van der Waals surface area (Å²) in [6, 6.07) is -0.440. The number of amides is 4. The van der Waals surface area contributed by atoms with Gasteiger partial charge in [-0.05, 0) is 45.1 Å². The van der Waals surface area contributed by atoms with E-state index < -0.39 is 5.54 Å². The molecule has 0 bridgehead atoms. The van der Waals surface area contributed by atoms with Crippen LogP contribution in [0.1, 0.15) is 58.3 Å². The topological polar surface area (TPSA) is 73.0 Å². The smallest absolute Gasteiger partial charge is 0.325 e. The Hall–Kier alpha value is -1.63. The lowest BCUT2D eigenvalue weighted by molar-refractivity contribution is -0.141. The summed E-state index contributed by atoms with van der Waals surface area (Å²) >= 11 is 0. The van der Waals surface area contributed by atoms with Gasteiger partial charge in [0.1, 0.15) is 5.54 Å². The van der Waals surface area contributed by atoms with Crippen molar-refractivity contribution in [3.05, 3.63) is 0 Å². The maximum Gasteiger partial charge on any atom is 0.325 e. The van der Waals surface area contributed by atoms with Crippen LogP contribution in [0, 0.1) is 5.92 Å². The molecule has 0 aromatic carbocycles. The fourth-order valence-corrected chi connectivity index (χ4v) is 5.36. The standard InChI is InChI=1S/C20H32N4O3/c1-2-22-12-9-20(10-13-22)18(26)24(19(27)21-20)16-8-5-11-23(14-16)17(25)15-6-3-4-7-15/h15-16H,2-14H2,1H3,(H,21,27)/t16-/m0/s1. The number of carbonyl (C=O) groups excluding carboxylic acids is 3. The number of nitrogens with zero attached hydrogens (tertiary/aromatic N) is 3. The fourth-order valence-electron chi connectivity index (χ4n) is 5.36. The van der Waals surface area contributed by atoms with Crippen LogP contribution in [0.25, 0.3) is 0 Å². The van der Waals surface area contributed by atoms with Crippen molar-refractivity contribution in [1.82, 2.24) is 20.0 Å². The maximum absolute atomic E-state index is 13.2. The average Bonchev–Trinajstić information content (AvgIpc) is 3.30. The summed E-state index contributed by atoms with van der Waals surface area (Å²) in [5.74, 6) is 0.315. The first kappa shape index (κ1) is 18.7. The number of likely N-dealkylation sites (tertiary alicyclic amines) is 2. The first-order valence-electron chi connectivity index (χ1n) is 10.7. The van der Waals surface area contributed by atoms with Crippen LogP contribution in [0.2, 0.25) is 0 Å². The Bertz CT molecular complexity index is 608. The van der Waals surface area contributed by atoms with E-state index in [0.717, 1.165) is 64.7 Å². The normalized spacial score (nSPS) is 29.6. The van der Waals surface area contributed by atoms with E-state index in [1.54, 1.807) is 0 Å². The SMILES string of the molecule is CCN1CCC2(CC1)NC(=O)N([C@H]1CCCN(C(=O)C3CCCC3)C1)C2=O. The van der Waals surface area contributed by atoms with Gasteiger partial charge in [-0.25, -0.2) is 4.79 Å². The van der Waals surface area contributed by atoms with Crippen molar-refractivity contribution < 1.29 is 14.4 Å². The first-order chi connectivity index (χ1) is 13.0. The summed E-state index contributed by atoms with van der Waals surface area (Å²) in [5, 5.41) is 3.02. The molecule has 1 atom stereocenters. The van der Waals surface area contributed by atoms with Crippen molar-refractivity contribution in [1.29, 1.82) is 0 Å². The minimum atomic E-state index is -0.722. The molecule has 1 aliphatic carbocycles. The molecule has 3 heterocycles. The van der Waals surface area contributed by atoms with Gasteiger partial charge in [-0.15, -0.1) is 0 Å². The van der Waals surface area contributed by atoms with Crippen molar-refractivity contribution in [3.63, 3.8) is 0 Å².